The predicted octanol–water partition coefficient (Wildman–Crippen LogP) is 2.38. The van der Waals surface area contributed by atoms with Gasteiger partial charge in [0, 0.05) is 37.6 Å². The molecule has 0 spiro atoms. The number of carbonyl (C=O) groups is 1. The first kappa shape index (κ1) is 16.5. The fourth-order valence-corrected chi connectivity index (χ4v) is 3.24. The SMILES string of the molecule is CC1c2nc(C(=O)NCc3ccccn3)cn2CCN1Cc1ccoc1. The summed E-state index contributed by atoms with van der Waals surface area (Å²) in [5.74, 6) is 0.744. The number of pyridine rings is 1. The molecule has 4 heterocycles. The quantitative estimate of drug-likeness (QED) is 0.764. The predicted molar refractivity (Wildman–Crippen MR) is 95.2 cm³/mol. The number of imidazole rings is 1. The van der Waals surface area contributed by atoms with Gasteiger partial charge in [-0.25, -0.2) is 4.98 Å². The Morgan fingerprint density at radius 1 is 1.35 bits per heavy atom. The molecule has 0 saturated carbocycles. The number of nitrogens with one attached hydrogen (secondary N) is 1. The summed E-state index contributed by atoms with van der Waals surface area (Å²) in [5, 5.41) is 2.88. The standard InChI is InChI=1S/C19H21N5O2/c1-14-18-22-17(19(25)21-10-16-4-2-3-6-20-16)12-24(18)8-7-23(14)11-15-5-9-26-13-15/h2-6,9,12-14H,7-8,10-11H2,1H3,(H,21,25). The van der Waals surface area contributed by atoms with Gasteiger partial charge in [0.2, 0.25) is 0 Å². The Kier molecular flexibility index (Phi) is 4.53. The van der Waals surface area contributed by atoms with E-state index in [0.29, 0.717) is 12.2 Å². The summed E-state index contributed by atoms with van der Waals surface area (Å²) in [7, 11) is 0. The Balaban J connectivity index is 1.43. The zero-order valence-electron chi connectivity index (χ0n) is 14.6. The molecule has 7 nitrogen and oxygen atoms in total. The van der Waals surface area contributed by atoms with Crippen LogP contribution in [0.4, 0.5) is 0 Å². The summed E-state index contributed by atoms with van der Waals surface area (Å²) in [4.78, 5) is 23.6. The molecule has 7 heteroatoms. The van der Waals surface area contributed by atoms with Crippen LogP contribution in [0.2, 0.25) is 0 Å². The van der Waals surface area contributed by atoms with Gasteiger partial charge in [-0.05, 0) is 25.1 Å². The molecule has 1 atom stereocenters. The summed E-state index contributed by atoms with van der Waals surface area (Å²) in [6, 6.07) is 7.75. The van der Waals surface area contributed by atoms with Gasteiger partial charge in [0.05, 0.1) is 30.8 Å². The normalized spacial score (nSPS) is 17.0. The van der Waals surface area contributed by atoms with E-state index in [1.807, 2.05) is 30.5 Å². The molecule has 1 unspecified atom stereocenters. The molecular weight excluding hydrogens is 330 g/mol. The lowest BCUT2D eigenvalue weighted by Crippen LogP contribution is -2.36. The van der Waals surface area contributed by atoms with E-state index in [2.05, 4.69) is 31.7 Å². The first-order valence-electron chi connectivity index (χ1n) is 8.71. The van der Waals surface area contributed by atoms with Gasteiger partial charge in [0.15, 0.2) is 0 Å². The molecule has 0 radical (unpaired) electrons. The van der Waals surface area contributed by atoms with Gasteiger partial charge < -0.3 is 14.3 Å². The maximum atomic E-state index is 12.4. The van der Waals surface area contributed by atoms with Crippen LogP contribution in [0.5, 0.6) is 0 Å². The van der Waals surface area contributed by atoms with Crippen LogP contribution >= 0.6 is 0 Å². The third-order valence-electron chi connectivity index (χ3n) is 4.71. The van der Waals surface area contributed by atoms with E-state index in [9.17, 15) is 4.79 Å². The van der Waals surface area contributed by atoms with Crippen LogP contribution in [0, 0.1) is 0 Å². The maximum Gasteiger partial charge on any atom is 0.271 e. The molecule has 0 fully saturated rings. The molecule has 26 heavy (non-hydrogen) atoms. The Bertz CT molecular complexity index is 873. The fraction of sp³-hybridized carbons (Fsp3) is 0.316. The molecule has 1 aliphatic heterocycles. The monoisotopic (exact) mass is 351 g/mol. The minimum atomic E-state index is -0.175. The lowest BCUT2D eigenvalue weighted by Gasteiger charge is -2.33. The second-order valence-electron chi connectivity index (χ2n) is 6.46. The van der Waals surface area contributed by atoms with Crippen molar-refractivity contribution in [1.82, 2.24) is 24.8 Å². The van der Waals surface area contributed by atoms with E-state index in [0.717, 1.165) is 36.7 Å². The number of aromatic nitrogens is 3. The van der Waals surface area contributed by atoms with Gasteiger partial charge in [-0.2, -0.15) is 0 Å². The largest absolute Gasteiger partial charge is 0.472 e. The molecule has 0 saturated heterocycles. The van der Waals surface area contributed by atoms with Crippen LogP contribution in [0.15, 0.2) is 53.6 Å². The highest BCUT2D eigenvalue weighted by Gasteiger charge is 2.27. The first-order chi connectivity index (χ1) is 12.7. The number of hydrogen-bond donors (Lipinski definition) is 1. The zero-order valence-corrected chi connectivity index (χ0v) is 14.6. The van der Waals surface area contributed by atoms with Crippen molar-refractivity contribution in [2.45, 2.75) is 32.6 Å². The molecule has 1 aliphatic rings. The van der Waals surface area contributed by atoms with Gasteiger partial charge >= 0.3 is 0 Å². The second kappa shape index (κ2) is 7.13. The van der Waals surface area contributed by atoms with Crippen LogP contribution < -0.4 is 5.32 Å². The zero-order chi connectivity index (χ0) is 17.9. The highest BCUT2D eigenvalue weighted by molar-refractivity contribution is 5.92. The van der Waals surface area contributed by atoms with Crippen molar-refractivity contribution in [1.29, 1.82) is 0 Å². The third kappa shape index (κ3) is 3.39. The Labute approximate surface area is 151 Å². The van der Waals surface area contributed by atoms with Gasteiger partial charge in [-0.3, -0.25) is 14.7 Å². The summed E-state index contributed by atoms with van der Waals surface area (Å²) in [6.45, 7) is 5.05. The minimum Gasteiger partial charge on any atom is -0.472 e. The number of fused-ring (bicyclic) bond motifs is 1. The third-order valence-corrected chi connectivity index (χ3v) is 4.71. The van der Waals surface area contributed by atoms with E-state index >= 15 is 0 Å². The second-order valence-corrected chi connectivity index (χ2v) is 6.46. The van der Waals surface area contributed by atoms with Crippen LogP contribution in [0.1, 0.15) is 40.5 Å². The minimum absolute atomic E-state index is 0.135. The molecule has 134 valence electrons. The van der Waals surface area contributed by atoms with E-state index in [1.165, 1.54) is 0 Å². The van der Waals surface area contributed by atoms with Crippen LogP contribution in [-0.4, -0.2) is 31.9 Å². The summed E-state index contributed by atoms with van der Waals surface area (Å²) >= 11 is 0. The summed E-state index contributed by atoms with van der Waals surface area (Å²) < 4.78 is 7.23. The van der Waals surface area contributed by atoms with Gasteiger partial charge in [0.1, 0.15) is 11.5 Å². The number of hydrogen-bond acceptors (Lipinski definition) is 5. The van der Waals surface area contributed by atoms with Crippen molar-refractivity contribution in [3.05, 3.63) is 72.0 Å². The van der Waals surface area contributed by atoms with Crippen molar-refractivity contribution in [3.63, 3.8) is 0 Å². The molecule has 0 aliphatic carbocycles. The Hall–Kier alpha value is -2.93. The van der Waals surface area contributed by atoms with Crippen LogP contribution in [0.25, 0.3) is 0 Å². The van der Waals surface area contributed by atoms with Crippen molar-refractivity contribution in [2.75, 3.05) is 6.54 Å². The molecule has 4 rings (SSSR count). The average Bonchev–Trinajstić information content (AvgIpc) is 3.33. The summed E-state index contributed by atoms with van der Waals surface area (Å²) in [5.41, 5.74) is 2.42. The van der Waals surface area contributed by atoms with E-state index < -0.39 is 0 Å². The van der Waals surface area contributed by atoms with E-state index in [1.54, 1.807) is 18.7 Å². The van der Waals surface area contributed by atoms with Crippen molar-refractivity contribution < 1.29 is 9.21 Å². The van der Waals surface area contributed by atoms with Gasteiger partial charge in [-0.15, -0.1) is 0 Å². The highest BCUT2D eigenvalue weighted by atomic mass is 16.3. The van der Waals surface area contributed by atoms with Crippen molar-refractivity contribution >= 4 is 5.91 Å². The smallest absolute Gasteiger partial charge is 0.271 e. The average molecular weight is 351 g/mol. The summed E-state index contributed by atoms with van der Waals surface area (Å²) in [6.07, 6.45) is 7.01. The number of nitrogens with zero attached hydrogens (tertiary/aromatic N) is 4. The Morgan fingerprint density at radius 3 is 3.04 bits per heavy atom. The van der Waals surface area contributed by atoms with Crippen LogP contribution in [-0.2, 0) is 19.6 Å². The van der Waals surface area contributed by atoms with E-state index in [-0.39, 0.29) is 11.9 Å². The number of amides is 1. The lowest BCUT2D eigenvalue weighted by molar-refractivity contribution is 0.0945. The lowest BCUT2D eigenvalue weighted by atomic mass is 10.2. The maximum absolute atomic E-state index is 12.4. The molecule has 1 amide bonds. The topological polar surface area (TPSA) is 76.2 Å². The Morgan fingerprint density at radius 2 is 2.27 bits per heavy atom. The number of furan rings is 1. The highest BCUT2D eigenvalue weighted by Crippen LogP contribution is 2.26. The fourth-order valence-electron chi connectivity index (χ4n) is 3.24. The number of carbonyl (C=O) groups excluding carboxylic acids is 1. The molecule has 1 N–H and O–H groups in total. The van der Waals surface area contributed by atoms with Gasteiger partial charge in [0.25, 0.3) is 5.91 Å². The van der Waals surface area contributed by atoms with Crippen LogP contribution in [0.3, 0.4) is 0 Å². The molecular formula is C19H21N5O2. The molecule has 3 aromatic heterocycles. The van der Waals surface area contributed by atoms with Crippen molar-refractivity contribution in [2.24, 2.45) is 0 Å². The van der Waals surface area contributed by atoms with E-state index in [4.69, 9.17) is 4.42 Å². The number of rotatable bonds is 5. The van der Waals surface area contributed by atoms with Gasteiger partial charge in [-0.1, -0.05) is 6.07 Å². The first-order valence-corrected chi connectivity index (χ1v) is 8.71. The molecule has 3 aromatic rings. The molecule has 0 bridgehead atoms. The van der Waals surface area contributed by atoms with Crippen molar-refractivity contribution in [3.8, 4) is 0 Å². The molecule has 0 aromatic carbocycles.